The highest BCUT2D eigenvalue weighted by molar-refractivity contribution is 7.99. The van der Waals surface area contributed by atoms with Gasteiger partial charge in [-0.05, 0) is 32.4 Å². The third kappa shape index (κ3) is 4.30. The number of aromatic nitrogens is 3. The minimum Gasteiger partial charge on any atom is -0.463 e. The van der Waals surface area contributed by atoms with E-state index in [0.29, 0.717) is 22.2 Å². The second-order valence-corrected chi connectivity index (χ2v) is 6.99. The average molecular weight is 387 g/mol. The van der Waals surface area contributed by atoms with Crippen LogP contribution in [0.3, 0.4) is 0 Å². The summed E-state index contributed by atoms with van der Waals surface area (Å²) in [6, 6.07) is 5.81. The molecule has 142 valence electrons. The molecule has 2 heterocycles. The van der Waals surface area contributed by atoms with E-state index in [9.17, 15) is 9.59 Å². The highest BCUT2D eigenvalue weighted by Gasteiger charge is 2.24. The Morgan fingerprint density at radius 1 is 1.37 bits per heavy atom. The van der Waals surface area contributed by atoms with Crippen molar-refractivity contribution in [3.05, 3.63) is 46.9 Å². The van der Waals surface area contributed by atoms with Gasteiger partial charge in [0.2, 0.25) is 0 Å². The largest absolute Gasteiger partial charge is 0.463 e. The van der Waals surface area contributed by atoms with Crippen molar-refractivity contribution in [2.45, 2.75) is 25.9 Å². The molecular weight excluding hydrogens is 366 g/mol. The van der Waals surface area contributed by atoms with Gasteiger partial charge in [-0.3, -0.25) is 4.57 Å². The molecule has 0 spiro atoms. The molecule has 3 rings (SSSR count). The number of carbonyl (C=O) groups excluding carboxylic acids is 2. The Morgan fingerprint density at radius 3 is 2.93 bits per heavy atom. The number of hydrogen-bond acceptors (Lipinski definition) is 6. The SMILES string of the molecule is CCOC(=O)C1=C(CSc2nncn2-c2ccc(C)cc2C)NC(=O)NC1. The van der Waals surface area contributed by atoms with Gasteiger partial charge in [-0.25, -0.2) is 9.59 Å². The summed E-state index contributed by atoms with van der Waals surface area (Å²) < 4.78 is 6.97. The van der Waals surface area contributed by atoms with Crippen LogP contribution in [0.5, 0.6) is 0 Å². The lowest BCUT2D eigenvalue weighted by molar-refractivity contribution is -0.138. The van der Waals surface area contributed by atoms with Gasteiger partial charge in [0.25, 0.3) is 0 Å². The molecule has 9 heteroatoms. The van der Waals surface area contributed by atoms with Gasteiger partial charge in [0.05, 0.1) is 24.4 Å². The fourth-order valence-corrected chi connectivity index (χ4v) is 3.68. The fraction of sp³-hybridized carbons (Fsp3) is 0.333. The van der Waals surface area contributed by atoms with E-state index in [4.69, 9.17) is 4.74 Å². The molecule has 0 saturated heterocycles. The number of aryl methyl sites for hydroxylation is 2. The summed E-state index contributed by atoms with van der Waals surface area (Å²) in [4.78, 5) is 23.8. The normalized spacial score (nSPS) is 14.0. The molecule has 0 bridgehead atoms. The lowest BCUT2D eigenvalue weighted by atomic mass is 10.1. The van der Waals surface area contributed by atoms with Crippen molar-refractivity contribution < 1.29 is 14.3 Å². The van der Waals surface area contributed by atoms with Crippen LogP contribution in [-0.2, 0) is 9.53 Å². The summed E-state index contributed by atoms with van der Waals surface area (Å²) in [5.74, 6) is -0.0676. The Morgan fingerprint density at radius 2 is 2.19 bits per heavy atom. The van der Waals surface area contributed by atoms with E-state index in [2.05, 4.69) is 26.9 Å². The molecule has 1 aromatic heterocycles. The molecule has 0 radical (unpaired) electrons. The molecule has 0 atom stereocenters. The van der Waals surface area contributed by atoms with Gasteiger partial charge in [0, 0.05) is 11.4 Å². The third-order valence-corrected chi connectivity index (χ3v) is 5.02. The molecule has 27 heavy (non-hydrogen) atoms. The zero-order valence-corrected chi connectivity index (χ0v) is 16.2. The van der Waals surface area contributed by atoms with Gasteiger partial charge in [-0.2, -0.15) is 0 Å². The number of carbonyl (C=O) groups is 2. The van der Waals surface area contributed by atoms with E-state index in [0.717, 1.165) is 11.3 Å². The van der Waals surface area contributed by atoms with Crippen LogP contribution in [0.4, 0.5) is 4.79 Å². The van der Waals surface area contributed by atoms with Gasteiger partial charge in [0.15, 0.2) is 5.16 Å². The smallest absolute Gasteiger partial charge is 0.337 e. The number of ether oxygens (including phenoxy) is 1. The number of rotatable bonds is 6. The van der Waals surface area contributed by atoms with Crippen molar-refractivity contribution in [3.63, 3.8) is 0 Å². The third-order valence-electron chi connectivity index (χ3n) is 4.05. The summed E-state index contributed by atoms with van der Waals surface area (Å²) in [5, 5.41) is 14.1. The quantitative estimate of drug-likeness (QED) is 0.582. The number of urea groups is 1. The minimum absolute atomic E-state index is 0.143. The lowest BCUT2D eigenvalue weighted by Gasteiger charge is -2.21. The van der Waals surface area contributed by atoms with Crippen molar-refractivity contribution in [3.8, 4) is 5.69 Å². The predicted molar refractivity (Wildman–Crippen MR) is 102 cm³/mol. The highest BCUT2D eigenvalue weighted by atomic mass is 32.2. The minimum atomic E-state index is -0.434. The first-order valence-corrected chi connectivity index (χ1v) is 9.52. The Labute approximate surface area is 161 Å². The zero-order valence-electron chi connectivity index (χ0n) is 15.4. The summed E-state index contributed by atoms with van der Waals surface area (Å²) in [7, 11) is 0. The molecule has 0 aliphatic carbocycles. The van der Waals surface area contributed by atoms with E-state index in [-0.39, 0.29) is 19.2 Å². The molecule has 2 aromatic rings. The monoisotopic (exact) mass is 387 g/mol. The standard InChI is InChI=1S/C18H21N5O3S/c1-4-26-16(24)13-8-19-17(25)21-14(13)9-27-18-22-20-10-23(18)15-6-5-11(2)7-12(15)3/h5-7,10H,4,8-9H2,1-3H3,(H2,19,21,25). The van der Waals surface area contributed by atoms with E-state index in [1.54, 1.807) is 13.3 Å². The predicted octanol–water partition coefficient (Wildman–Crippen LogP) is 2.11. The topological polar surface area (TPSA) is 98.1 Å². The van der Waals surface area contributed by atoms with Crippen LogP contribution in [0.25, 0.3) is 5.69 Å². The summed E-state index contributed by atoms with van der Waals surface area (Å²) in [6.07, 6.45) is 1.65. The molecule has 0 fully saturated rings. The van der Waals surface area contributed by atoms with Crippen LogP contribution in [-0.4, -0.2) is 45.7 Å². The van der Waals surface area contributed by atoms with E-state index in [1.807, 2.05) is 30.5 Å². The van der Waals surface area contributed by atoms with Crippen molar-refractivity contribution in [1.82, 2.24) is 25.4 Å². The van der Waals surface area contributed by atoms with E-state index < -0.39 is 5.97 Å². The Bertz CT molecular complexity index is 906. The van der Waals surface area contributed by atoms with Crippen molar-refractivity contribution in [2.75, 3.05) is 18.9 Å². The van der Waals surface area contributed by atoms with E-state index >= 15 is 0 Å². The maximum atomic E-state index is 12.1. The highest BCUT2D eigenvalue weighted by Crippen LogP contribution is 2.25. The van der Waals surface area contributed by atoms with E-state index in [1.165, 1.54) is 17.3 Å². The van der Waals surface area contributed by atoms with Crippen molar-refractivity contribution in [2.24, 2.45) is 0 Å². The molecule has 2 N–H and O–H groups in total. The van der Waals surface area contributed by atoms with Crippen LogP contribution < -0.4 is 10.6 Å². The number of amides is 2. The molecule has 8 nitrogen and oxygen atoms in total. The van der Waals surface area contributed by atoms with Crippen LogP contribution in [0.2, 0.25) is 0 Å². The number of esters is 1. The van der Waals surface area contributed by atoms with Crippen LogP contribution >= 0.6 is 11.8 Å². The Kier molecular flexibility index (Phi) is 5.80. The zero-order chi connectivity index (χ0) is 19.4. The fourth-order valence-electron chi connectivity index (χ4n) is 2.77. The lowest BCUT2D eigenvalue weighted by Crippen LogP contribution is -2.44. The summed E-state index contributed by atoms with van der Waals surface area (Å²) in [5.41, 5.74) is 4.22. The van der Waals surface area contributed by atoms with Gasteiger partial charge in [0.1, 0.15) is 6.33 Å². The maximum absolute atomic E-state index is 12.1. The van der Waals surface area contributed by atoms with Gasteiger partial charge in [-0.1, -0.05) is 29.5 Å². The number of thioether (sulfide) groups is 1. The second kappa shape index (κ2) is 8.26. The van der Waals surface area contributed by atoms with Crippen molar-refractivity contribution >= 4 is 23.8 Å². The average Bonchev–Trinajstić information content (AvgIpc) is 3.08. The molecule has 0 unspecified atom stereocenters. The Balaban J connectivity index is 1.83. The second-order valence-electron chi connectivity index (χ2n) is 6.05. The van der Waals surface area contributed by atoms with Crippen LogP contribution in [0.1, 0.15) is 18.1 Å². The summed E-state index contributed by atoms with van der Waals surface area (Å²) >= 11 is 1.39. The first-order valence-electron chi connectivity index (χ1n) is 8.54. The number of benzene rings is 1. The van der Waals surface area contributed by atoms with Crippen molar-refractivity contribution in [1.29, 1.82) is 0 Å². The first-order chi connectivity index (χ1) is 13.0. The number of nitrogens with zero attached hydrogens (tertiary/aromatic N) is 3. The van der Waals surface area contributed by atoms with Gasteiger partial charge >= 0.3 is 12.0 Å². The molecule has 0 saturated carbocycles. The number of hydrogen-bond donors (Lipinski definition) is 2. The number of nitrogens with one attached hydrogen (secondary N) is 2. The molecule has 1 aliphatic heterocycles. The van der Waals surface area contributed by atoms with Crippen LogP contribution in [0.15, 0.2) is 41.0 Å². The molecule has 1 aliphatic rings. The van der Waals surface area contributed by atoms with Crippen LogP contribution in [0, 0.1) is 13.8 Å². The first kappa shape index (κ1) is 19.0. The Hall–Kier alpha value is -2.81. The molecule has 2 amide bonds. The van der Waals surface area contributed by atoms with Gasteiger partial charge in [-0.15, -0.1) is 10.2 Å². The maximum Gasteiger partial charge on any atom is 0.337 e. The van der Waals surface area contributed by atoms with Gasteiger partial charge < -0.3 is 15.4 Å². The molecular formula is C18H21N5O3S. The molecule has 1 aromatic carbocycles. The summed E-state index contributed by atoms with van der Waals surface area (Å²) in [6.45, 7) is 6.24.